The topological polar surface area (TPSA) is 103 Å². The van der Waals surface area contributed by atoms with Gasteiger partial charge >= 0.3 is 6.03 Å². The Bertz CT molecular complexity index is 1280. The number of urea groups is 1. The van der Waals surface area contributed by atoms with Crippen molar-refractivity contribution in [3.8, 4) is 11.5 Å². The van der Waals surface area contributed by atoms with Crippen LogP contribution in [0.5, 0.6) is 11.5 Å². The molecule has 2 aliphatic heterocycles. The number of rotatable bonds is 6. The number of ether oxygens (including phenoxy) is 2. The lowest BCUT2D eigenvalue weighted by Gasteiger charge is -2.27. The highest BCUT2D eigenvalue weighted by atomic mass is 16.6. The number of aromatic nitrogens is 1. The van der Waals surface area contributed by atoms with E-state index in [2.05, 4.69) is 5.32 Å². The first-order chi connectivity index (χ1) is 16.3. The molecule has 0 aliphatic carbocycles. The summed E-state index contributed by atoms with van der Waals surface area (Å²) in [6.07, 6.45) is 1.21. The zero-order valence-corrected chi connectivity index (χ0v) is 19.2. The molecule has 3 amide bonds. The van der Waals surface area contributed by atoms with E-state index >= 15 is 0 Å². The van der Waals surface area contributed by atoms with E-state index in [-0.39, 0.29) is 18.4 Å². The number of nitrogens with zero attached hydrogens (tertiary/aromatic N) is 2. The Hall–Kier alpha value is -4.01. The zero-order chi connectivity index (χ0) is 24.0. The lowest BCUT2D eigenvalue weighted by atomic mass is 9.99. The lowest BCUT2D eigenvalue weighted by molar-refractivity contribution is -0.131. The monoisotopic (exact) mass is 463 g/mol. The number of carbonyl (C=O) groups is 3. The van der Waals surface area contributed by atoms with Crippen molar-refractivity contribution < 1.29 is 28.3 Å². The van der Waals surface area contributed by atoms with Crippen molar-refractivity contribution in [2.24, 2.45) is 0 Å². The quantitative estimate of drug-likeness (QED) is 0.445. The van der Waals surface area contributed by atoms with E-state index in [1.165, 1.54) is 6.26 Å². The van der Waals surface area contributed by atoms with Crippen LogP contribution in [-0.2, 0) is 16.9 Å². The maximum Gasteiger partial charge on any atom is 0.325 e. The van der Waals surface area contributed by atoms with Gasteiger partial charge < -0.3 is 23.8 Å². The average Bonchev–Trinajstić information content (AvgIpc) is 3.51. The second-order valence-electron chi connectivity index (χ2n) is 8.74. The number of fused-ring (bicyclic) bond motifs is 1. The number of hydrogen-bond donors (Lipinski definition) is 1. The molecule has 1 aromatic carbocycles. The van der Waals surface area contributed by atoms with Crippen LogP contribution in [0.15, 0.2) is 53.1 Å². The molecule has 34 heavy (non-hydrogen) atoms. The van der Waals surface area contributed by atoms with Gasteiger partial charge in [0.1, 0.15) is 12.4 Å². The van der Waals surface area contributed by atoms with Gasteiger partial charge in [-0.1, -0.05) is 12.1 Å². The van der Waals surface area contributed by atoms with Crippen molar-refractivity contribution >= 4 is 17.7 Å². The molecule has 2 aromatic heterocycles. The van der Waals surface area contributed by atoms with E-state index < -0.39 is 17.5 Å². The molecular formula is C25H25N3O6. The normalized spacial score (nSPS) is 21.6. The Morgan fingerprint density at radius 2 is 1.91 bits per heavy atom. The van der Waals surface area contributed by atoms with Crippen LogP contribution in [0.4, 0.5) is 4.79 Å². The Morgan fingerprint density at radius 3 is 2.65 bits per heavy atom. The van der Waals surface area contributed by atoms with Crippen molar-refractivity contribution in [3.63, 3.8) is 0 Å². The van der Waals surface area contributed by atoms with Gasteiger partial charge in [-0.25, -0.2) is 4.79 Å². The summed E-state index contributed by atoms with van der Waals surface area (Å²) in [5, 5.41) is 2.64. The Morgan fingerprint density at radius 1 is 1.15 bits per heavy atom. The molecule has 2 unspecified atom stereocenters. The van der Waals surface area contributed by atoms with Gasteiger partial charge in [0.05, 0.1) is 19.4 Å². The molecule has 1 fully saturated rings. The van der Waals surface area contributed by atoms with Gasteiger partial charge in [-0.05, 0) is 51.1 Å². The third-order valence-electron chi connectivity index (χ3n) is 6.42. The van der Waals surface area contributed by atoms with Crippen molar-refractivity contribution in [1.29, 1.82) is 0 Å². The molecule has 1 saturated heterocycles. The minimum absolute atomic E-state index is 0.220. The number of furan rings is 1. The van der Waals surface area contributed by atoms with Gasteiger partial charge in [0, 0.05) is 17.0 Å². The number of carbonyl (C=O) groups excluding carboxylic acids is 3. The number of imide groups is 1. The second kappa shape index (κ2) is 8.09. The molecule has 1 N–H and O–H groups in total. The number of Topliss-reactive ketones (excluding diaryl/α,β-unsaturated/α-hetero) is 1. The van der Waals surface area contributed by atoms with Crippen molar-refractivity contribution in [3.05, 3.63) is 71.4 Å². The molecule has 9 heteroatoms. The fourth-order valence-corrected chi connectivity index (χ4v) is 4.52. The minimum Gasteiger partial charge on any atom is -0.486 e. The summed E-state index contributed by atoms with van der Waals surface area (Å²) in [4.78, 5) is 39.7. The lowest BCUT2D eigenvalue weighted by Crippen LogP contribution is -2.41. The molecule has 5 rings (SSSR count). The van der Waals surface area contributed by atoms with Gasteiger partial charge in [0.2, 0.25) is 0 Å². The fourth-order valence-electron chi connectivity index (χ4n) is 4.52. The number of amides is 3. The molecule has 0 spiro atoms. The van der Waals surface area contributed by atoms with Crippen molar-refractivity contribution in [1.82, 2.24) is 14.8 Å². The average molecular weight is 463 g/mol. The Kier molecular flexibility index (Phi) is 5.19. The second-order valence-corrected chi connectivity index (χ2v) is 8.74. The van der Waals surface area contributed by atoms with Gasteiger partial charge in [-0.3, -0.25) is 14.5 Å². The summed E-state index contributed by atoms with van der Waals surface area (Å²) in [6.45, 7) is 5.85. The van der Waals surface area contributed by atoms with Crippen LogP contribution in [0.1, 0.15) is 34.4 Å². The largest absolute Gasteiger partial charge is 0.486 e. The van der Waals surface area contributed by atoms with Crippen LogP contribution in [0.25, 0.3) is 0 Å². The van der Waals surface area contributed by atoms with Gasteiger partial charge in [0.15, 0.2) is 28.9 Å². The highest BCUT2D eigenvalue weighted by Crippen LogP contribution is 2.32. The third kappa shape index (κ3) is 3.53. The standard InChI is InChI=1S/C25H25N3O6/c1-15-11-18(16(2)27(15)12-17-14-33-20-7-4-5-8-21(20)34-17)19(29)13-28-23(30)25(3,26-24(28)31)22-9-6-10-32-22/h4-11,17H,12-14H2,1-3H3,(H,26,31). The van der Waals surface area contributed by atoms with Crippen LogP contribution in [0, 0.1) is 13.8 Å². The summed E-state index contributed by atoms with van der Waals surface area (Å²) < 4.78 is 19.2. The van der Waals surface area contributed by atoms with E-state index in [1.807, 2.05) is 42.7 Å². The molecule has 176 valence electrons. The molecule has 0 radical (unpaired) electrons. The first-order valence-corrected chi connectivity index (χ1v) is 11.0. The minimum atomic E-state index is -1.34. The van der Waals surface area contributed by atoms with Crippen molar-refractivity contribution in [2.75, 3.05) is 13.2 Å². The highest BCUT2D eigenvalue weighted by molar-refractivity contribution is 6.11. The molecule has 9 nitrogen and oxygen atoms in total. The number of nitrogens with one attached hydrogen (secondary N) is 1. The zero-order valence-electron chi connectivity index (χ0n) is 19.2. The molecule has 0 bridgehead atoms. The first-order valence-electron chi connectivity index (χ1n) is 11.0. The van der Waals surface area contributed by atoms with Crippen LogP contribution in [-0.4, -0.2) is 46.4 Å². The summed E-state index contributed by atoms with van der Waals surface area (Å²) in [5.41, 5.74) is 0.736. The van der Waals surface area contributed by atoms with Crippen LogP contribution >= 0.6 is 0 Å². The van der Waals surface area contributed by atoms with Crippen LogP contribution in [0.2, 0.25) is 0 Å². The summed E-state index contributed by atoms with van der Waals surface area (Å²) in [7, 11) is 0. The molecule has 2 aliphatic rings. The number of hydrogen-bond acceptors (Lipinski definition) is 6. The van der Waals surface area contributed by atoms with Gasteiger partial charge in [0.25, 0.3) is 5.91 Å². The Labute approximate surface area is 196 Å². The predicted molar refractivity (Wildman–Crippen MR) is 121 cm³/mol. The summed E-state index contributed by atoms with van der Waals surface area (Å²) >= 11 is 0. The van der Waals surface area contributed by atoms with E-state index in [9.17, 15) is 14.4 Å². The number of ketones is 1. The van der Waals surface area contributed by atoms with Crippen LogP contribution < -0.4 is 14.8 Å². The molecule has 3 aromatic rings. The van der Waals surface area contributed by atoms with E-state index in [1.54, 1.807) is 25.1 Å². The third-order valence-corrected chi connectivity index (χ3v) is 6.42. The predicted octanol–water partition coefficient (Wildman–Crippen LogP) is 3.19. The van der Waals surface area contributed by atoms with Gasteiger partial charge in [-0.15, -0.1) is 0 Å². The maximum absolute atomic E-state index is 13.2. The first kappa shape index (κ1) is 21.8. The molecular weight excluding hydrogens is 438 g/mol. The van der Waals surface area contributed by atoms with E-state index in [0.717, 1.165) is 16.3 Å². The maximum atomic E-state index is 13.2. The number of aryl methyl sites for hydroxylation is 1. The fraction of sp³-hybridized carbons (Fsp3) is 0.320. The molecule has 2 atom stereocenters. The molecule has 0 saturated carbocycles. The highest BCUT2D eigenvalue weighted by Gasteiger charge is 2.51. The smallest absolute Gasteiger partial charge is 0.325 e. The van der Waals surface area contributed by atoms with Crippen LogP contribution in [0.3, 0.4) is 0 Å². The SMILES string of the molecule is Cc1cc(C(=O)CN2C(=O)NC(C)(c3ccco3)C2=O)c(C)n1CC1COc2ccccc2O1. The number of para-hydroxylation sites is 2. The Balaban J connectivity index is 1.31. The summed E-state index contributed by atoms with van der Waals surface area (Å²) in [5.74, 6) is 0.871. The van der Waals surface area contributed by atoms with E-state index in [4.69, 9.17) is 13.9 Å². The van der Waals surface area contributed by atoms with Gasteiger partial charge in [-0.2, -0.15) is 0 Å². The summed E-state index contributed by atoms with van der Waals surface area (Å²) in [6, 6.07) is 11.9. The number of benzene rings is 1. The van der Waals surface area contributed by atoms with Crippen molar-refractivity contribution in [2.45, 2.75) is 39.0 Å². The molecule has 4 heterocycles. The van der Waals surface area contributed by atoms with E-state index in [0.29, 0.717) is 36.0 Å².